The first-order chi connectivity index (χ1) is 10.5. The van der Waals surface area contributed by atoms with Crippen LogP contribution in [0.5, 0.6) is 0 Å². The summed E-state index contributed by atoms with van der Waals surface area (Å²) >= 11 is 0. The Balaban J connectivity index is 1.65. The maximum Gasteiger partial charge on any atom is 0.243 e. The van der Waals surface area contributed by atoms with Gasteiger partial charge in [-0.2, -0.15) is 10.4 Å². The Bertz CT molecular complexity index is 600. The minimum Gasteiger partial charge on any atom is -0.341 e. The lowest BCUT2D eigenvalue weighted by molar-refractivity contribution is -0.137. The van der Waals surface area contributed by atoms with Gasteiger partial charge in [-0.15, -0.1) is 0 Å². The fourth-order valence-corrected chi connectivity index (χ4v) is 3.29. The molecule has 22 heavy (non-hydrogen) atoms. The van der Waals surface area contributed by atoms with E-state index in [1.807, 2.05) is 11.1 Å². The number of carbonyl (C=O) groups is 1. The van der Waals surface area contributed by atoms with Crippen molar-refractivity contribution in [2.24, 2.45) is 5.41 Å². The van der Waals surface area contributed by atoms with Crippen molar-refractivity contribution >= 4 is 5.91 Å². The first kappa shape index (κ1) is 15.1. The fourth-order valence-electron chi connectivity index (χ4n) is 3.29. The maximum absolute atomic E-state index is 12.4. The largest absolute Gasteiger partial charge is 0.341 e. The Morgan fingerprint density at radius 1 is 1.36 bits per heavy atom. The van der Waals surface area contributed by atoms with E-state index in [-0.39, 0.29) is 11.4 Å². The summed E-state index contributed by atoms with van der Waals surface area (Å²) in [6, 6.07) is 2.21. The van der Waals surface area contributed by atoms with E-state index in [0.717, 1.165) is 51.6 Å². The highest BCUT2D eigenvalue weighted by Crippen LogP contribution is 2.47. The van der Waals surface area contributed by atoms with Gasteiger partial charge < -0.3 is 4.90 Å². The molecule has 0 atom stereocenters. The van der Waals surface area contributed by atoms with Gasteiger partial charge in [0.1, 0.15) is 5.41 Å². The number of hydrogen-bond donors (Lipinski definition) is 0. The summed E-state index contributed by atoms with van der Waals surface area (Å²) in [6.45, 7) is 5.84. The predicted octanol–water partition coefficient (Wildman–Crippen LogP) is 2.48. The van der Waals surface area contributed by atoms with Crippen LogP contribution >= 0.6 is 0 Å². The average molecular weight is 300 g/mol. The smallest absolute Gasteiger partial charge is 0.243 e. The Kier molecular flexibility index (Phi) is 3.72. The van der Waals surface area contributed by atoms with Gasteiger partial charge in [-0.05, 0) is 44.6 Å². The molecule has 3 rings (SSSR count). The standard InChI is InChI=1S/C17H24N4O/c1-3-4-14-11-19-21(12-14)16(2)7-9-20(10-8-16)15(22)17(13-18)5-6-17/h11-12H,3-10H2,1-2H3. The van der Waals surface area contributed by atoms with E-state index in [2.05, 4.69) is 35.9 Å². The van der Waals surface area contributed by atoms with E-state index in [4.69, 9.17) is 0 Å². The number of rotatable bonds is 4. The van der Waals surface area contributed by atoms with Crippen molar-refractivity contribution in [3.8, 4) is 6.07 Å². The molecule has 2 aliphatic rings. The molecule has 1 aromatic heterocycles. The number of aryl methyl sites for hydroxylation is 1. The highest BCUT2D eigenvalue weighted by atomic mass is 16.2. The minimum atomic E-state index is -0.687. The summed E-state index contributed by atoms with van der Waals surface area (Å²) < 4.78 is 2.08. The van der Waals surface area contributed by atoms with Crippen molar-refractivity contribution in [3.05, 3.63) is 18.0 Å². The topological polar surface area (TPSA) is 61.9 Å². The summed E-state index contributed by atoms with van der Waals surface area (Å²) in [5.41, 5.74) is 0.573. The molecule has 0 aromatic carbocycles. The lowest BCUT2D eigenvalue weighted by atomic mass is 9.89. The van der Waals surface area contributed by atoms with Crippen LogP contribution in [0.3, 0.4) is 0 Å². The van der Waals surface area contributed by atoms with Crippen LogP contribution in [0.25, 0.3) is 0 Å². The van der Waals surface area contributed by atoms with Gasteiger partial charge in [0.05, 0.1) is 17.8 Å². The average Bonchev–Trinajstić information content (AvgIpc) is 3.19. The lowest BCUT2D eigenvalue weighted by Crippen LogP contribution is -2.48. The van der Waals surface area contributed by atoms with Gasteiger partial charge in [-0.1, -0.05) is 13.3 Å². The summed E-state index contributed by atoms with van der Waals surface area (Å²) in [5, 5.41) is 13.7. The van der Waals surface area contributed by atoms with Gasteiger partial charge in [0, 0.05) is 19.3 Å². The van der Waals surface area contributed by atoms with Crippen molar-refractivity contribution in [3.63, 3.8) is 0 Å². The van der Waals surface area contributed by atoms with E-state index >= 15 is 0 Å². The van der Waals surface area contributed by atoms with Gasteiger partial charge in [0.15, 0.2) is 0 Å². The summed E-state index contributed by atoms with van der Waals surface area (Å²) in [5.74, 6) is 0.0455. The zero-order valence-corrected chi connectivity index (χ0v) is 13.5. The van der Waals surface area contributed by atoms with Gasteiger partial charge >= 0.3 is 0 Å². The number of nitriles is 1. The molecular weight excluding hydrogens is 276 g/mol. The number of carbonyl (C=O) groups excluding carboxylic acids is 1. The third-order valence-electron chi connectivity index (χ3n) is 5.23. The number of nitrogens with zero attached hydrogens (tertiary/aromatic N) is 4. The van der Waals surface area contributed by atoms with Gasteiger partial charge in [0.2, 0.25) is 5.91 Å². The molecule has 0 bridgehead atoms. The SMILES string of the molecule is CCCc1cnn(C2(C)CCN(C(=O)C3(C#N)CC3)CC2)c1. The molecule has 118 valence electrons. The van der Waals surface area contributed by atoms with E-state index in [9.17, 15) is 10.1 Å². The maximum atomic E-state index is 12.4. The molecule has 0 unspecified atom stereocenters. The second-order valence-electron chi connectivity index (χ2n) is 7.03. The predicted molar refractivity (Wildman–Crippen MR) is 83.0 cm³/mol. The van der Waals surface area contributed by atoms with Crippen LogP contribution in [0.2, 0.25) is 0 Å². The van der Waals surface area contributed by atoms with E-state index in [0.29, 0.717) is 0 Å². The number of aromatic nitrogens is 2. The Morgan fingerprint density at radius 2 is 2.05 bits per heavy atom. The molecule has 1 saturated heterocycles. The first-order valence-corrected chi connectivity index (χ1v) is 8.28. The Morgan fingerprint density at radius 3 is 2.59 bits per heavy atom. The van der Waals surface area contributed by atoms with E-state index in [1.165, 1.54) is 5.56 Å². The van der Waals surface area contributed by atoms with Crippen LogP contribution in [0.4, 0.5) is 0 Å². The van der Waals surface area contributed by atoms with Crippen LogP contribution in [-0.4, -0.2) is 33.7 Å². The molecule has 1 aliphatic carbocycles. The molecule has 1 saturated carbocycles. The highest BCUT2D eigenvalue weighted by Gasteiger charge is 2.53. The van der Waals surface area contributed by atoms with Gasteiger partial charge in [-0.3, -0.25) is 9.48 Å². The molecular formula is C17H24N4O. The van der Waals surface area contributed by atoms with Crippen LogP contribution in [0.15, 0.2) is 12.4 Å². The minimum absolute atomic E-state index is 0.0217. The molecule has 1 amide bonds. The summed E-state index contributed by atoms with van der Waals surface area (Å²) in [7, 11) is 0. The number of amides is 1. The van der Waals surface area contributed by atoms with Crippen molar-refractivity contribution in [1.29, 1.82) is 5.26 Å². The van der Waals surface area contributed by atoms with Gasteiger partial charge in [0.25, 0.3) is 0 Å². The summed E-state index contributed by atoms with van der Waals surface area (Å²) in [4.78, 5) is 14.3. The Hall–Kier alpha value is -1.83. The lowest BCUT2D eigenvalue weighted by Gasteiger charge is -2.40. The molecule has 1 aromatic rings. The normalized spacial score (nSPS) is 22.1. The Labute approximate surface area is 131 Å². The molecule has 2 heterocycles. The zero-order chi connectivity index (χ0) is 15.8. The molecule has 2 fully saturated rings. The van der Waals surface area contributed by atoms with Crippen molar-refractivity contribution in [2.45, 2.75) is 57.9 Å². The number of likely N-dealkylation sites (tertiary alicyclic amines) is 1. The van der Waals surface area contributed by atoms with Gasteiger partial charge in [-0.25, -0.2) is 0 Å². The molecule has 5 nitrogen and oxygen atoms in total. The fraction of sp³-hybridized carbons (Fsp3) is 0.706. The monoisotopic (exact) mass is 300 g/mol. The molecule has 1 aliphatic heterocycles. The highest BCUT2D eigenvalue weighted by molar-refractivity contribution is 5.88. The molecule has 0 radical (unpaired) electrons. The van der Waals surface area contributed by atoms with Crippen molar-refractivity contribution in [1.82, 2.24) is 14.7 Å². The van der Waals surface area contributed by atoms with Crippen molar-refractivity contribution < 1.29 is 4.79 Å². The summed E-state index contributed by atoms with van der Waals surface area (Å²) in [6.07, 6.45) is 9.55. The third kappa shape index (κ3) is 2.51. The number of hydrogen-bond acceptors (Lipinski definition) is 3. The first-order valence-electron chi connectivity index (χ1n) is 8.28. The van der Waals surface area contributed by atoms with E-state index < -0.39 is 5.41 Å². The van der Waals surface area contributed by atoms with E-state index in [1.54, 1.807) is 0 Å². The second kappa shape index (κ2) is 5.42. The van der Waals surface area contributed by atoms with Crippen molar-refractivity contribution in [2.75, 3.05) is 13.1 Å². The van der Waals surface area contributed by atoms with Crippen LogP contribution in [0.1, 0.15) is 51.5 Å². The molecule has 0 N–H and O–H groups in total. The molecule has 0 spiro atoms. The molecule has 5 heteroatoms. The quantitative estimate of drug-likeness (QED) is 0.858. The zero-order valence-electron chi connectivity index (χ0n) is 13.5. The second-order valence-corrected chi connectivity index (χ2v) is 7.03. The van der Waals surface area contributed by atoms with Crippen LogP contribution in [0, 0.1) is 16.7 Å². The number of piperidine rings is 1. The van der Waals surface area contributed by atoms with Crippen LogP contribution < -0.4 is 0 Å². The third-order valence-corrected chi connectivity index (χ3v) is 5.23. The van der Waals surface area contributed by atoms with Crippen LogP contribution in [-0.2, 0) is 16.8 Å².